The minimum atomic E-state index is 0.120. The maximum Gasteiger partial charge on any atom is 0.142 e. The quantitative estimate of drug-likeness (QED) is 0.760. The van der Waals surface area contributed by atoms with Crippen molar-refractivity contribution < 1.29 is 4.74 Å². The monoisotopic (exact) mass is 236 g/mol. The zero-order valence-corrected chi connectivity index (χ0v) is 9.65. The van der Waals surface area contributed by atoms with Gasteiger partial charge in [0.2, 0.25) is 0 Å². The van der Waals surface area contributed by atoms with E-state index in [9.17, 15) is 0 Å². The largest absolute Gasteiger partial charge is 0.370 e. The summed E-state index contributed by atoms with van der Waals surface area (Å²) in [7, 11) is 0. The van der Waals surface area contributed by atoms with Crippen LogP contribution in [0.15, 0.2) is 24.5 Å². The van der Waals surface area contributed by atoms with Gasteiger partial charge in [-0.3, -0.25) is 0 Å². The molecule has 1 aliphatic heterocycles. The van der Waals surface area contributed by atoms with Gasteiger partial charge >= 0.3 is 0 Å². The van der Waals surface area contributed by atoms with Crippen LogP contribution in [0.4, 0.5) is 0 Å². The van der Waals surface area contributed by atoms with Gasteiger partial charge in [0.05, 0.1) is 16.7 Å². The molecule has 3 nitrogen and oxygen atoms in total. The number of hydrogen-bond donors (Lipinski definition) is 0. The molecule has 1 fully saturated rings. The molecule has 0 bridgehead atoms. The van der Waals surface area contributed by atoms with Gasteiger partial charge in [-0.1, -0.05) is 11.6 Å². The lowest BCUT2D eigenvalue weighted by Crippen LogP contribution is -2.14. The highest BCUT2D eigenvalue weighted by Crippen LogP contribution is 2.27. The minimum Gasteiger partial charge on any atom is -0.370 e. The van der Waals surface area contributed by atoms with Gasteiger partial charge in [-0.2, -0.15) is 0 Å². The number of fused-ring (bicyclic) bond motifs is 1. The molecule has 0 N–H and O–H groups in total. The van der Waals surface area contributed by atoms with Gasteiger partial charge in [0, 0.05) is 12.8 Å². The lowest BCUT2D eigenvalue weighted by molar-refractivity contribution is 0.00916. The summed E-state index contributed by atoms with van der Waals surface area (Å²) in [6, 6.07) is 3.85. The number of halogens is 1. The molecule has 1 atom stereocenters. The Balaban J connectivity index is 2.05. The number of nitrogens with zero attached hydrogens (tertiary/aromatic N) is 2. The Kier molecular flexibility index (Phi) is 2.58. The SMILES string of the molecule is Clc1ccc2cnc(C3CCCCO3)n2c1. The number of rotatable bonds is 1. The molecule has 0 spiro atoms. The van der Waals surface area contributed by atoms with Crippen LogP contribution in [0, 0.1) is 0 Å². The van der Waals surface area contributed by atoms with E-state index >= 15 is 0 Å². The number of aromatic nitrogens is 2. The first-order valence-corrected chi connectivity index (χ1v) is 5.96. The van der Waals surface area contributed by atoms with E-state index in [0.717, 1.165) is 35.8 Å². The summed E-state index contributed by atoms with van der Waals surface area (Å²) in [5.41, 5.74) is 1.06. The second-order valence-electron chi connectivity index (χ2n) is 4.11. The first kappa shape index (κ1) is 10.1. The van der Waals surface area contributed by atoms with E-state index in [0.29, 0.717) is 0 Å². The van der Waals surface area contributed by atoms with Crippen LogP contribution in [0.2, 0.25) is 5.02 Å². The van der Waals surface area contributed by atoms with E-state index in [2.05, 4.69) is 4.98 Å². The highest BCUT2D eigenvalue weighted by molar-refractivity contribution is 6.30. The average Bonchev–Trinajstić information content (AvgIpc) is 2.73. The number of imidazole rings is 1. The van der Waals surface area contributed by atoms with Crippen molar-refractivity contribution in [3.05, 3.63) is 35.4 Å². The molecule has 4 heteroatoms. The third kappa shape index (κ3) is 1.70. The topological polar surface area (TPSA) is 26.5 Å². The van der Waals surface area contributed by atoms with Gasteiger partial charge in [0.25, 0.3) is 0 Å². The van der Waals surface area contributed by atoms with Gasteiger partial charge in [-0.25, -0.2) is 4.98 Å². The molecule has 1 unspecified atom stereocenters. The lowest BCUT2D eigenvalue weighted by atomic mass is 10.1. The lowest BCUT2D eigenvalue weighted by Gasteiger charge is -2.21. The smallest absolute Gasteiger partial charge is 0.142 e. The second-order valence-corrected chi connectivity index (χ2v) is 4.55. The predicted molar refractivity (Wildman–Crippen MR) is 62.7 cm³/mol. The van der Waals surface area contributed by atoms with Crippen molar-refractivity contribution in [2.75, 3.05) is 6.61 Å². The second kappa shape index (κ2) is 4.07. The summed E-state index contributed by atoms with van der Waals surface area (Å²) in [6.07, 6.45) is 7.29. The standard InChI is InChI=1S/C12H13ClN2O/c13-9-4-5-10-7-14-12(15(10)8-9)11-3-1-2-6-16-11/h4-5,7-8,11H,1-3,6H2. The number of ether oxygens (including phenoxy) is 1. The first-order valence-electron chi connectivity index (χ1n) is 5.59. The Bertz CT molecular complexity index is 503. The first-order chi connectivity index (χ1) is 7.84. The van der Waals surface area contributed by atoms with Gasteiger partial charge in [0.1, 0.15) is 11.9 Å². The van der Waals surface area contributed by atoms with Crippen molar-refractivity contribution in [3.63, 3.8) is 0 Å². The van der Waals surface area contributed by atoms with Crippen LogP contribution in [-0.4, -0.2) is 16.0 Å². The number of hydrogen-bond acceptors (Lipinski definition) is 2. The molecule has 2 aromatic heterocycles. The fourth-order valence-corrected chi connectivity index (χ4v) is 2.33. The Hall–Kier alpha value is -1.06. The Labute approximate surface area is 99.0 Å². The number of pyridine rings is 1. The van der Waals surface area contributed by atoms with Crippen molar-refractivity contribution in [3.8, 4) is 0 Å². The fourth-order valence-electron chi connectivity index (χ4n) is 2.17. The maximum absolute atomic E-state index is 6.00. The molecule has 0 amide bonds. The highest BCUT2D eigenvalue weighted by atomic mass is 35.5. The van der Waals surface area contributed by atoms with Crippen molar-refractivity contribution in [2.24, 2.45) is 0 Å². The van der Waals surface area contributed by atoms with Crippen LogP contribution < -0.4 is 0 Å². The van der Waals surface area contributed by atoms with E-state index in [1.165, 1.54) is 6.42 Å². The van der Waals surface area contributed by atoms with Crippen LogP contribution in [0.25, 0.3) is 5.52 Å². The Morgan fingerprint density at radius 1 is 1.38 bits per heavy atom. The van der Waals surface area contributed by atoms with Crippen LogP contribution in [0.5, 0.6) is 0 Å². The molecule has 16 heavy (non-hydrogen) atoms. The summed E-state index contributed by atoms with van der Waals surface area (Å²) < 4.78 is 7.77. The van der Waals surface area contributed by atoms with Crippen molar-refractivity contribution in [1.29, 1.82) is 0 Å². The summed E-state index contributed by atoms with van der Waals surface area (Å²) in [4.78, 5) is 4.44. The molecular weight excluding hydrogens is 224 g/mol. The molecule has 3 rings (SSSR count). The van der Waals surface area contributed by atoms with Crippen LogP contribution >= 0.6 is 11.6 Å². The normalized spacial score (nSPS) is 21.4. The van der Waals surface area contributed by atoms with E-state index in [1.807, 2.05) is 28.9 Å². The zero-order chi connectivity index (χ0) is 11.0. The average molecular weight is 237 g/mol. The predicted octanol–water partition coefficient (Wildman–Crippen LogP) is 3.23. The minimum absolute atomic E-state index is 0.120. The molecule has 0 radical (unpaired) electrons. The van der Waals surface area contributed by atoms with Gasteiger partial charge in [0.15, 0.2) is 0 Å². The van der Waals surface area contributed by atoms with Crippen LogP contribution in [0.3, 0.4) is 0 Å². The van der Waals surface area contributed by atoms with E-state index in [1.54, 1.807) is 0 Å². The van der Waals surface area contributed by atoms with Crippen molar-refractivity contribution >= 4 is 17.1 Å². The third-order valence-electron chi connectivity index (χ3n) is 2.99. The molecule has 84 valence electrons. The van der Waals surface area contributed by atoms with E-state index in [-0.39, 0.29) is 6.10 Å². The molecule has 0 aliphatic carbocycles. The zero-order valence-electron chi connectivity index (χ0n) is 8.90. The fraction of sp³-hybridized carbons (Fsp3) is 0.417. The van der Waals surface area contributed by atoms with Crippen LogP contribution in [0.1, 0.15) is 31.2 Å². The van der Waals surface area contributed by atoms with Crippen LogP contribution in [-0.2, 0) is 4.74 Å². The van der Waals surface area contributed by atoms with Crippen molar-refractivity contribution in [2.45, 2.75) is 25.4 Å². The highest BCUT2D eigenvalue weighted by Gasteiger charge is 2.20. The van der Waals surface area contributed by atoms with E-state index in [4.69, 9.17) is 16.3 Å². The molecule has 1 aliphatic rings. The summed E-state index contributed by atoms with van der Waals surface area (Å²) in [5, 5.41) is 0.725. The third-order valence-corrected chi connectivity index (χ3v) is 3.21. The molecule has 0 aromatic carbocycles. The van der Waals surface area contributed by atoms with E-state index < -0.39 is 0 Å². The van der Waals surface area contributed by atoms with Gasteiger partial charge in [-0.05, 0) is 31.4 Å². The molecule has 1 saturated heterocycles. The summed E-state index contributed by atoms with van der Waals surface area (Å²) in [5.74, 6) is 0.970. The summed E-state index contributed by atoms with van der Waals surface area (Å²) >= 11 is 6.00. The molecular formula is C12H13ClN2O. The maximum atomic E-state index is 6.00. The molecule has 2 aromatic rings. The molecule has 3 heterocycles. The summed E-state index contributed by atoms with van der Waals surface area (Å²) in [6.45, 7) is 0.833. The van der Waals surface area contributed by atoms with Crippen molar-refractivity contribution in [1.82, 2.24) is 9.38 Å². The Morgan fingerprint density at radius 2 is 2.31 bits per heavy atom. The van der Waals surface area contributed by atoms with Gasteiger partial charge in [-0.15, -0.1) is 0 Å². The molecule has 0 saturated carbocycles. The Morgan fingerprint density at radius 3 is 3.12 bits per heavy atom. The van der Waals surface area contributed by atoms with Gasteiger partial charge < -0.3 is 9.14 Å².